The van der Waals surface area contributed by atoms with Crippen molar-refractivity contribution >= 4 is 16.9 Å². The van der Waals surface area contributed by atoms with Gasteiger partial charge in [0.2, 0.25) is 0 Å². The first-order chi connectivity index (χ1) is 15.7. The van der Waals surface area contributed by atoms with E-state index in [1.54, 1.807) is 25.1 Å². The highest BCUT2D eigenvalue weighted by atomic mass is 19.2. The number of aromatic carboxylic acids is 1. The third kappa shape index (κ3) is 3.68. The zero-order chi connectivity index (χ0) is 23.9. The van der Waals surface area contributed by atoms with Gasteiger partial charge >= 0.3 is 5.97 Å². The van der Waals surface area contributed by atoms with Crippen molar-refractivity contribution in [1.82, 2.24) is 4.57 Å². The maximum Gasteiger partial charge on any atom is 0.336 e. The fraction of sp³-hybridized carbons (Fsp3) is 0.120. The van der Waals surface area contributed by atoms with Gasteiger partial charge in [0.1, 0.15) is 11.6 Å². The molecule has 1 aromatic heterocycles. The highest BCUT2D eigenvalue weighted by Gasteiger charge is 2.28. The molecule has 4 aromatic rings. The lowest BCUT2D eigenvalue weighted by Gasteiger charge is -2.18. The number of fused-ring (bicyclic) bond motifs is 1. The maximum absolute atomic E-state index is 14.4. The van der Waals surface area contributed by atoms with E-state index < -0.39 is 35.1 Å². The van der Waals surface area contributed by atoms with Gasteiger partial charge in [0.25, 0.3) is 0 Å². The van der Waals surface area contributed by atoms with E-state index in [1.807, 2.05) is 0 Å². The van der Waals surface area contributed by atoms with Crippen LogP contribution in [0.2, 0.25) is 0 Å². The fourth-order valence-corrected chi connectivity index (χ4v) is 4.14. The lowest BCUT2D eigenvalue weighted by Crippen LogP contribution is -2.07. The van der Waals surface area contributed by atoms with Gasteiger partial charge < -0.3 is 14.8 Å². The smallest absolute Gasteiger partial charge is 0.336 e. The molecule has 0 aliphatic heterocycles. The molecule has 1 atom stereocenters. The molecular formula is C25H17F3N2O3. The molecule has 33 heavy (non-hydrogen) atoms. The van der Waals surface area contributed by atoms with Gasteiger partial charge in [0.05, 0.1) is 22.5 Å². The average molecular weight is 450 g/mol. The first-order valence-electron chi connectivity index (χ1n) is 9.96. The number of phenolic OH excluding ortho intramolecular Hbond substituents is 1. The number of carboxylic acids is 1. The Kier molecular flexibility index (Phi) is 5.56. The van der Waals surface area contributed by atoms with Crippen LogP contribution in [0.5, 0.6) is 5.75 Å². The van der Waals surface area contributed by atoms with E-state index in [0.29, 0.717) is 5.69 Å². The number of rotatable bonds is 5. The second-order valence-electron chi connectivity index (χ2n) is 7.63. The van der Waals surface area contributed by atoms with Crippen LogP contribution in [0.3, 0.4) is 0 Å². The van der Waals surface area contributed by atoms with Crippen molar-refractivity contribution in [2.75, 3.05) is 0 Å². The van der Waals surface area contributed by atoms with Crippen molar-refractivity contribution < 1.29 is 28.2 Å². The Bertz CT molecular complexity index is 1450. The number of hydrogen-bond donors (Lipinski definition) is 2. The van der Waals surface area contributed by atoms with Gasteiger partial charge in [-0.15, -0.1) is 0 Å². The molecule has 0 aliphatic rings. The third-order valence-electron chi connectivity index (χ3n) is 5.50. The Morgan fingerprint density at radius 3 is 2.48 bits per heavy atom. The molecule has 0 spiro atoms. The Balaban J connectivity index is 2.25. The second-order valence-corrected chi connectivity index (χ2v) is 7.63. The van der Waals surface area contributed by atoms with E-state index in [-0.39, 0.29) is 39.7 Å². The van der Waals surface area contributed by atoms with Gasteiger partial charge in [-0.25, -0.2) is 18.0 Å². The van der Waals surface area contributed by atoms with Crippen LogP contribution in [0.25, 0.3) is 27.7 Å². The van der Waals surface area contributed by atoms with Gasteiger partial charge in [0.15, 0.2) is 11.6 Å². The van der Waals surface area contributed by atoms with Gasteiger partial charge in [-0.3, -0.25) is 0 Å². The molecule has 4 rings (SSSR count). The number of hydrogen-bond acceptors (Lipinski definition) is 3. The lowest BCUT2D eigenvalue weighted by atomic mass is 9.91. The van der Waals surface area contributed by atoms with Gasteiger partial charge in [-0.1, -0.05) is 25.1 Å². The Morgan fingerprint density at radius 2 is 1.82 bits per heavy atom. The molecule has 0 saturated heterocycles. The van der Waals surface area contributed by atoms with Crippen LogP contribution in [0.15, 0.2) is 54.6 Å². The highest BCUT2D eigenvalue weighted by Crippen LogP contribution is 2.46. The Labute approximate surface area is 186 Å². The summed E-state index contributed by atoms with van der Waals surface area (Å²) in [5, 5.41) is 30.0. The van der Waals surface area contributed by atoms with E-state index in [1.165, 1.54) is 16.7 Å². The van der Waals surface area contributed by atoms with Crippen LogP contribution in [0.1, 0.15) is 35.3 Å². The minimum absolute atomic E-state index is 0.00845. The number of benzene rings is 3. The quantitative estimate of drug-likeness (QED) is 0.383. The molecule has 166 valence electrons. The van der Waals surface area contributed by atoms with Crippen molar-refractivity contribution in [3.63, 3.8) is 0 Å². The highest BCUT2D eigenvalue weighted by molar-refractivity contribution is 6.08. The van der Waals surface area contributed by atoms with Gasteiger partial charge in [-0.05, 0) is 29.8 Å². The maximum atomic E-state index is 14.4. The molecule has 2 N–H and O–H groups in total. The van der Waals surface area contributed by atoms with Crippen molar-refractivity contribution in [2.24, 2.45) is 0 Å². The summed E-state index contributed by atoms with van der Waals surface area (Å²) >= 11 is 0. The van der Waals surface area contributed by atoms with Crippen molar-refractivity contribution in [1.29, 1.82) is 5.26 Å². The number of halogens is 3. The largest absolute Gasteiger partial charge is 0.507 e. The summed E-state index contributed by atoms with van der Waals surface area (Å²) < 4.78 is 43.6. The van der Waals surface area contributed by atoms with Crippen LogP contribution in [-0.2, 0) is 0 Å². The normalized spacial score (nSPS) is 12.0. The molecule has 5 nitrogen and oxygen atoms in total. The molecule has 0 saturated carbocycles. The minimum atomic E-state index is -1.22. The summed E-state index contributed by atoms with van der Waals surface area (Å²) in [5.41, 5.74) is 1.03. The molecule has 0 radical (unpaired) electrons. The topological polar surface area (TPSA) is 86.2 Å². The number of carboxylic acid groups (broad SMARTS) is 1. The summed E-state index contributed by atoms with van der Waals surface area (Å²) in [6, 6.07) is 13.3. The van der Waals surface area contributed by atoms with Crippen molar-refractivity contribution in [2.45, 2.75) is 19.3 Å². The molecule has 0 fully saturated rings. The minimum Gasteiger partial charge on any atom is -0.507 e. The monoisotopic (exact) mass is 450 g/mol. The summed E-state index contributed by atoms with van der Waals surface area (Å²) in [5.74, 6) is -5.21. The van der Waals surface area contributed by atoms with Crippen molar-refractivity contribution in [3.8, 4) is 28.6 Å². The zero-order valence-electron chi connectivity index (χ0n) is 17.3. The second kappa shape index (κ2) is 8.36. The van der Waals surface area contributed by atoms with Crippen LogP contribution in [0.4, 0.5) is 13.2 Å². The molecule has 0 aliphatic carbocycles. The van der Waals surface area contributed by atoms with Crippen molar-refractivity contribution in [3.05, 3.63) is 83.3 Å². The molecule has 0 amide bonds. The van der Waals surface area contributed by atoms with Crippen LogP contribution >= 0.6 is 0 Å². The van der Waals surface area contributed by atoms with E-state index in [0.717, 1.165) is 24.3 Å². The van der Waals surface area contributed by atoms with E-state index in [9.17, 15) is 33.4 Å². The number of aromatic hydroxyl groups is 1. The van der Waals surface area contributed by atoms with Gasteiger partial charge in [-0.2, -0.15) is 5.26 Å². The zero-order valence-corrected chi connectivity index (χ0v) is 17.3. The summed E-state index contributed by atoms with van der Waals surface area (Å²) in [7, 11) is 0. The fourth-order valence-electron chi connectivity index (χ4n) is 4.14. The van der Waals surface area contributed by atoms with Crippen LogP contribution in [-0.4, -0.2) is 20.7 Å². The van der Waals surface area contributed by atoms with Crippen LogP contribution < -0.4 is 0 Å². The number of nitriles is 1. The molecule has 3 aromatic carbocycles. The molecule has 1 heterocycles. The molecule has 0 bridgehead atoms. The number of phenols is 1. The molecule has 8 heteroatoms. The molecular weight excluding hydrogens is 433 g/mol. The van der Waals surface area contributed by atoms with Gasteiger partial charge in [0, 0.05) is 41.4 Å². The first kappa shape index (κ1) is 22.0. The standard InChI is InChI=1S/C25H17F3N2O3/c1-13(8-9-29)24-22(16-4-2-3-5-17(16)25(32)33)23-20(10-14(26)11-21(23)31)30(24)15-6-7-18(27)19(28)12-15/h2-7,10-13,31H,8H2,1H3,(H,32,33). The van der Waals surface area contributed by atoms with Crippen LogP contribution in [0, 0.1) is 28.8 Å². The predicted molar refractivity (Wildman–Crippen MR) is 116 cm³/mol. The number of carbonyl (C=O) groups is 1. The summed E-state index contributed by atoms with van der Waals surface area (Å²) in [6.45, 7) is 1.70. The third-order valence-corrected chi connectivity index (χ3v) is 5.50. The summed E-state index contributed by atoms with van der Waals surface area (Å²) in [4.78, 5) is 12.0. The predicted octanol–water partition coefficient (Wildman–Crippen LogP) is 6.14. The summed E-state index contributed by atoms with van der Waals surface area (Å²) in [6.07, 6.45) is -0.00845. The molecule has 1 unspecified atom stereocenters. The van der Waals surface area contributed by atoms with E-state index >= 15 is 0 Å². The van der Waals surface area contributed by atoms with E-state index in [4.69, 9.17) is 0 Å². The Morgan fingerprint density at radius 1 is 1.09 bits per heavy atom. The van der Waals surface area contributed by atoms with E-state index in [2.05, 4.69) is 6.07 Å². The number of aromatic nitrogens is 1. The lowest BCUT2D eigenvalue weighted by molar-refractivity contribution is 0.0697. The SMILES string of the molecule is CC(CC#N)c1c(-c2ccccc2C(=O)O)c2c(O)cc(F)cc2n1-c1ccc(F)c(F)c1. The first-order valence-corrected chi connectivity index (χ1v) is 9.96. The number of nitrogens with zero attached hydrogens (tertiary/aromatic N) is 2. The average Bonchev–Trinajstić information content (AvgIpc) is 3.11. The Hall–Kier alpha value is -4.25.